The first-order valence-electron chi connectivity index (χ1n) is 12.3. The molecule has 1 unspecified atom stereocenters. The molecule has 2 fully saturated rings. The lowest BCUT2D eigenvalue weighted by molar-refractivity contribution is -0.137. The van der Waals surface area contributed by atoms with Gasteiger partial charge in [-0.3, -0.25) is 9.69 Å². The van der Waals surface area contributed by atoms with Gasteiger partial charge in [0.15, 0.2) is 0 Å². The zero-order valence-corrected chi connectivity index (χ0v) is 20.4. The molecule has 2 aromatic heterocycles. The van der Waals surface area contributed by atoms with Gasteiger partial charge in [-0.25, -0.2) is 18.7 Å². The highest BCUT2D eigenvalue weighted by molar-refractivity contribution is 5.88. The number of halogens is 5. The average molecular weight is 522 g/mol. The predicted octanol–water partition coefficient (Wildman–Crippen LogP) is 5.17. The maximum Gasteiger partial charge on any atom is 0.416 e. The molecule has 0 amide bonds. The van der Waals surface area contributed by atoms with E-state index in [4.69, 9.17) is 0 Å². The molecular weight excluding hydrogens is 493 g/mol. The van der Waals surface area contributed by atoms with Gasteiger partial charge in [-0.05, 0) is 56.5 Å². The van der Waals surface area contributed by atoms with Crippen LogP contribution in [0.5, 0.6) is 0 Å². The fraction of sp³-hybridized carbons (Fsp3) is 0.500. The summed E-state index contributed by atoms with van der Waals surface area (Å²) in [6, 6.07) is 7.13. The fourth-order valence-corrected chi connectivity index (χ4v) is 5.09. The summed E-state index contributed by atoms with van der Waals surface area (Å²) in [4.78, 5) is 23.8. The summed E-state index contributed by atoms with van der Waals surface area (Å²) in [6.07, 6.45) is 0.904. The van der Waals surface area contributed by atoms with Gasteiger partial charge in [-0.2, -0.15) is 13.2 Å². The molecule has 11 heteroatoms. The van der Waals surface area contributed by atoms with Gasteiger partial charge in [0, 0.05) is 31.2 Å². The van der Waals surface area contributed by atoms with Crippen LogP contribution in [0.3, 0.4) is 0 Å². The molecule has 2 aliphatic rings. The number of hydrogen-bond donors (Lipinski definition) is 0. The van der Waals surface area contributed by atoms with E-state index in [-0.39, 0.29) is 31.3 Å². The number of nitrogens with zero attached hydrogens (tertiary/aromatic N) is 5. The summed E-state index contributed by atoms with van der Waals surface area (Å²) in [7, 11) is 0. The fourth-order valence-electron chi connectivity index (χ4n) is 5.09. The lowest BCUT2D eigenvalue weighted by atomic mass is 9.92. The number of carbonyl (C=O) groups excluding carboxylic acids is 1. The number of anilines is 1. The minimum atomic E-state index is -4.39. The highest BCUT2D eigenvalue weighted by atomic mass is 19.4. The number of carbonyl (C=O) groups is 1. The van der Waals surface area contributed by atoms with Crippen molar-refractivity contribution in [3.05, 3.63) is 54.0 Å². The average Bonchev–Trinajstić information content (AvgIpc) is 3.58. The van der Waals surface area contributed by atoms with Gasteiger partial charge < -0.3 is 9.47 Å². The molecule has 1 saturated heterocycles. The summed E-state index contributed by atoms with van der Waals surface area (Å²) < 4.78 is 70.5. The molecule has 3 aromatic rings. The topological polar surface area (TPSA) is 54.3 Å². The van der Waals surface area contributed by atoms with Gasteiger partial charge in [-0.15, -0.1) is 0 Å². The normalized spacial score (nSPS) is 20.3. The van der Waals surface area contributed by atoms with Crippen molar-refractivity contribution in [1.82, 2.24) is 19.4 Å². The Bertz CT molecular complexity index is 1270. The quantitative estimate of drug-likeness (QED) is 0.383. The number of alkyl halides is 5. The monoisotopic (exact) mass is 521 g/mol. The highest BCUT2D eigenvalue weighted by Crippen LogP contribution is 2.38. The second-order valence-corrected chi connectivity index (χ2v) is 10.1. The van der Waals surface area contributed by atoms with Crippen LogP contribution in [0.25, 0.3) is 11.0 Å². The number of piperidine rings is 1. The number of aromatic nitrogens is 3. The van der Waals surface area contributed by atoms with Crippen LogP contribution in [0.4, 0.5) is 27.8 Å². The van der Waals surface area contributed by atoms with E-state index in [0.29, 0.717) is 24.6 Å². The van der Waals surface area contributed by atoms with Crippen LogP contribution in [0, 0.1) is 5.92 Å². The van der Waals surface area contributed by atoms with Crippen LogP contribution in [-0.4, -0.2) is 56.8 Å². The van der Waals surface area contributed by atoms with Crippen molar-refractivity contribution in [2.45, 2.75) is 57.4 Å². The minimum Gasteiger partial charge on any atom is -0.349 e. The molecular formula is C26H28F5N5O. The van der Waals surface area contributed by atoms with Crippen molar-refractivity contribution in [1.29, 1.82) is 0 Å². The summed E-state index contributed by atoms with van der Waals surface area (Å²) in [5.41, 5.74) is 0.577. The van der Waals surface area contributed by atoms with E-state index < -0.39 is 30.1 Å². The largest absolute Gasteiger partial charge is 0.416 e. The highest BCUT2D eigenvalue weighted by Gasteiger charge is 2.45. The van der Waals surface area contributed by atoms with Gasteiger partial charge >= 0.3 is 6.18 Å². The third-order valence-electron chi connectivity index (χ3n) is 7.12. The van der Waals surface area contributed by atoms with E-state index >= 15 is 0 Å². The van der Waals surface area contributed by atoms with E-state index in [1.54, 1.807) is 10.8 Å². The van der Waals surface area contributed by atoms with Crippen molar-refractivity contribution in [2.24, 2.45) is 5.92 Å². The van der Waals surface area contributed by atoms with E-state index in [0.717, 1.165) is 35.9 Å². The van der Waals surface area contributed by atoms with Crippen LogP contribution in [0.1, 0.15) is 37.3 Å². The van der Waals surface area contributed by atoms with Gasteiger partial charge in [0.2, 0.25) is 0 Å². The number of fused-ring (bicyclic) bond motifs is 1. The maximum absolute atomic E-state index is 14.9. The molecule has 0 bridgehead atoms. The first kappa shape index (κ1) is 25.6. The number of ketones is 1. The Labute approximate surface area is 211 Å². The van der Waals surface area contributed by atoms with Crippen molar-refractivity contribution in [3.63, 3.8) is 0 Å². The third kappa shape index (κ3) is 5.61. The van der Waals surface area contributed by atoms with Crippen molar-refractivity contribution in [3.8, 4) is 0 Å². The molecule has 6 nitrogen and oxygen atoms in total. The third-order valence-corrected chi connectivity index (χ3v) is 7.12. The van der Waals surface area contributed by atoms with E-state index in [9.17, 15) is 26.7 Å². The summed E-state index contributed by atoms with van der Waals surface area (Å²) in [5, 5.41) is 0.721. The first-order chi connectivity index (χ1) is 17.5. The molecule has 1 aromatic carbocycles. The SMILES string of the molecule is CC(=O)CN1CCC(Cn2ccc3c(N(Cc4ccc(C(F)(F)F)cc4)C4CC4)ncnc32)C(F)(F)C1. The van der Waals surface area contributed by atoms with Gasteiger partial charge in [0.05, 0.1) is 24.0 Å². The van der Waals surface area contributed by atoms with E-state index in [2.05, 4.69) is 14.9 Å². The Kier molecular flexibility index (Phi) is 6.68. The van der Waals surface area contributed by atoms with Crippen LogP contribution in [0.2, 0.25) is 0 Å². The van der Waals surface area contributed by atoms with Gasteiger partial charge in [0.25, 0.3) is 5.92 Å². The number of likely N-dealkylation sites (tertiary alicyclic amines) is 1. The molecule has 3 heterocycles. The van der Waals surface area contributed by atoms with Crippen molar-refractivity contribution >= 4 is 22.6 Å². The van der Waals surface area contributed by atoms with Crippen molar-refractivity contribution < 1.29 is 26.7 Å². The number of rotatable bonds is 8. The minimum absolute atomic E-state index is 0.0290. The first-order valence-corrected chi connectivity index (χ1v) is 12.3. The Morgan fingerprint density at radius 2 is 1.84 bits per heavy atom. The molecule has 1 atom stereocenters. The maximum atomic E-state index is 14.9. The molecule has 1 aliphatic heterocycles. The molecule has 0 spiro atoms. The molecule has 1 aliphatic carbocycles. The Hall–Kier alpha value is -3.08. The Balaban J connectivity index is 1.36. The second kappa shape index (κ2) is 9.66. The Morgan fingerprint density at radius 3 is 2.46 bits per heavy atom. The summed E-state index contributed by atoms with van der Waals surface area (Å²) in [5.74, 6) is -3.32. The summed E-state index contributed by atoms with van der Waals surface area (Å²) in [6.45, 7) is 1.88. The molecule has 0 radical (unpaired) electrons. The standard InChI is InChI=1S/C26H28F5N5O/c1-17(37)12-34-10-8-20(25(27,28)15-34)14-35-11-9-22-23(35)32-16-33-24(22)36(21-6-7-21)13-18-2-4-19(5-3-18)26(29,30)31/h2-5,9,11,16,20-21H,6-8,10,12-15H2,1H3. The molecule has 5 rings (SSSR count). The zero-order valence-electron chi connectivity index (χ0n) is 20.4. The molecule has 198 valence electrons. The van der Waals surface area contributed by atoms with Crippen LogP contribution in [-0.2, 0) is 24.1 Å². The van der Waals surface area contributed by atoms with Crippen molar-refractivity contribution in [2.75, 3.05) is 24.5 Å². The molecule has 0 N–H and O–H groups in total. The van der Waals surface area contributed by atoms with E-state index in [1.807, 2.05) is 6.07 Å². The number of Topliss-reactive ketones (excluding diaryl/α,β-unsaturated/α-hetero) is 1. The van der Waals surface area contributed by atoms with Crippen LogP contribution < -0.4 is 4.90 Å². The van der Waals surface area contributed by atoms with Crippen LogP contribution >= 0.6 is 0 Å². The zero-order chi connectivity index (χ0) is 26.4. The number of hydrogen-bond acceptors (Lipinski definition) is 5. The van der Waals surface area contributed by atoms with E-state index in [1.165, 1.54) is 30.3 Å². The van der Waals surface area contributed by atoms with Gasteiger partial charge in [0.1, 0.15) is 23.6 Å². The predicted molar refractivity (Wildman–Crippen MR) is 128 cm³/mol. The molecule has 37 heavy (non-hydrogen) atoms. The molecule has 1 saturated carbocycles. The smallest absolute Gasteiger partial charge is 0.349 e. The number of benzene rings is 1. The lowest BCUT2D eigenvalue weighted by Gasteiger charge is -2.38. The van der Waals surface area contributed by atoms with Gasteiger partial charge in [-0.1, -0.05) is 12.1 Å². The Morgan fingerprint density at radius 1 is 1.11 bits per heavy atom. The second-order valence-electron chi connectivity index (χ2n) is 10.1. The van der Waals surface area contributed by atoms with Crippen LogP contribution in [0.15, 0.2) is 42.9 Å². The lowest BCUT2D eigenvalue weighted by Crippen LogP contribution is -2.50. The summed E-state index contributed by atoms with van der Waals surface area (Å²) >= 11 is 0.